The fraction of sp³-hybridized carbons (Fsp3) is 0.522. The van der Waals surface area contributed by atoms with Gasteiger partial charge in [-0.1, -0.05) is 0 Å². The summed E-state index contributed by atoms with van der Waals surface area (Å²) in [6.45, 7) is 7.30. The van der Waals surface area contributed by atoms with Gasteiger partial charge in [-0.3, -0.25) is 4.90 Å². The molecular weight excluding hydrogens is 380 g/mol. The fourth-order valence-corrected chi connectivity index (χ4v) is 3.95. The van der Waals surface area contributed by atoms with Gasteiger partial charge in [0.05, 0.1) is 11.3 Å². The van der Waals surface area contributed by atoms with Crippen LogP contribution in [-0.2, 0) is 6.42 Å². The maximum atomic E-state index is 11.5. The average molecular weight is 411 g/mol. The Kier molecular flexibility index (Phi) is 6.47. The highest BCUT2D eigenvalue weighted by atomic mass is 16.5. The number of anilines is 1. The lowest BCUT2D eigenvalue weighted by atomic mass is 10.0. The number of carboxylic acid groups (broad SMARTS) is 1. The summed E-state index contributed by atoms with van der Waals surface area (Å²) in [7, 11) is 0. The van der Waals surface area contributed by atoms with Crippen LogP contribution in [0.15, 0.2) is 30.3 Å². The van der Waals surface area contributed by atoms with E-state index < -0.39 is 5.97 Å². The molecule has 1 aliphatic carbocycles. The summed E-state index contributed by atoms with van der Waals surface area (Å²) in [4.78, 5) is 16.2. The summed E-state index contributed by atoms with van der Waals surface area (Å²) >= 11 is 0. The minimum Gasteiger partial charge on any atom is -0.492 e. The molecule has 1 aromatic carbocycles. The monoisotopic (exact) mass is 410 g/mol. The molecule has 0 amide bonds. The predicted octanol–water partition coefficient (Wildman–Crippen LogP) is 3.03. The molecule has 1 N–H and O–H groups in total. The molecule has 0 spiro atoms. The number of carboxylic acids is 1. The Bertz CT molecular complexity index is 867. The van der Waals surface area contributed by atoms with Gasteiger partial charge in [-0.25, -0.2) is 4.79 Å². The van der Waals surface area contributed by atoms with Crippen molar-refractivity contribution in [3.05, 3.63) is 47.2 Å². The largest absolute Gasteiger partial charge is 0.492 e. The van der Waals surface area contributed by atoms with Crippen LogP contribution in [0.4, 0.5) is 5.82 Å². The highest BCUT2D eigenvalue weighted by molar-refractivity contribution is 5.89. The first kappa shape index (κ1) is 20.6. The van der Waals surface area contributed by atoms with Gasteiger partial charge in [0, 0.05) is 32.7 Å². The second kappa shape index (κ2) is 9.43. The van der Waals surface area contributed by atoms with Crippen molar-refractivity contribution < 1.29 is 14.6 Å². The van der Waals surface area contributed by atoms with E-state index in [1.54, 1.807) is 12.1 Å². The Balaban J connectivity index is 1.28. The molecular formula is C23H30N4O3. The van der Waals surface area contributed by atoms with Crippen molar-refractivity contribution in [1.82, 2.24) is 15.1 Å². The molecule has 30 heavy (non-hydrogen) atoms. The lowest BCUT2D eigenvalue weighted by Crippen LogP contribution is -2.33. The zero-order valence-electron chi connectivity index (χ0n) is 17.6. The normalized spacial score (nSPS) is 17.6. The maximum absolute atomic E-state index is 11.5. The van der Waals surface area contributed by atoms with Crippen molar-refractivity contribution in [2.24, 2.45) is 5.92 Å². The van der Waals surface area contributed by atoms with E-state index in [4.69, 9.17) is 4.74 Å². The van der Waals surface area contributed by atoms with E-state index in [0.29, 0.717) is 18.1 Å². The smallest absolute Gasteiger partial charge is 0.335 e. The lowest BCUT2D eigenvalue weighted by molar-refractivity contribution is 0.0695. The first-order valence-corrected chi connectivity index (χ1v) is 10.8. The lowest BCUT2D eigenvalue weighted by Gasteiger charge is -2.22. The molecule has 1 aliphatic heterocycles. The van der Waals surface area contributed by atoms with Crippen molar-refractivity contribution >= 4 is 11.8 Å². The fourth-order valence-electron chi connectivity index (χ4n) is 3.95. The van der Waals surface area contributed by atoms with Crippen LogP contribution in [-0.4, -0.2) is 65.5 Å². The Morgan fingerprint density at radius 3 is 2.73 bits per heavy atom. The van der Waals surface area contributed by atoms with Gasteiger partial charge >= 0.3 is 5.97 Å². The summed E-state index contributed by atoms with van der Waals surface area (Å²) in [5.41, 5.74) is 2.23. The molecule has 4 rings (SSSR count). The molecule has 2 aliphatic rings. The molecule has 0 radical (unpaired) electrons. The van der Waals surface area contributed by atoms with Gasteiger partial charge in [0.1, 0.15) is 12.4 Å². The summed E-state index contributed by atoms with van der Waals surface area (Å²) in [6, 6.07) is 9.43. The van der Waals surface area contributed by atoms with Gasteiger partial charge < -0.3 is 14.7 Å². The molecule has 2 fully saturated rings. The molecule has 2 heterocycles. The molecule has 7 heteroatoms. The molecule has 0 unspecified atom stereocenters. The highest BCUT2D eigenvalue weighted by Crippen LogP contribution is 2.34. The number of rotatable bonds is 8. The molecule has 1 aromatic heterocycles. The van der Waals surface area contributed by atoms with E-state index in [9.17, 15) is 9.90 Å². The highest BCUT2D eigenvalue weighted by Gasteiger charge is 2.24. The van der Waals surface area contributed by atoms with Crippen LogP contribution in [0.1, 0.15) is 40.9 Å². The van der Waals surface area contributed by atoms with Crippen LogP contribution in [0, 0.1) is 12.8 Å². The Labute approximate surface area is 177 Å². The summed E-state index contributed by atoms with van der Waals surface area (Å²) in [6.07, 6.45) is 4.31. The number of nitrogens with zero attached hydrogens (tertiary/aromatic N) is 4. The molecule has 1 saturated carbocycles. The van der Waals surface area contributed by atoms with Gasteiger partial charge in [0.2, 0.25) is 0 Å². The topological polar surface area (TPSA) is 78.8 Å². The van der Waals surface area contributed by atoms with E-state index in [1.807, 2.05) is 25.1 Å². The minimum atomic E-state index is -0.857. The zero-order chi connectivity index (χ0) is 20.9. The number of hydrogen-bond acceptors (Lipinski definition) is 6. The average Bonchev–Trinajstić information content (AvgIpc) is 3.56. The van der Waals surface area contributed by atoms with Crippen molar-refractivity contribution in [3.8, 4) is 5.75 Å². The van der Waals surface area contributed by atoms with E-state index in [-0.39, 0.29) is 0 Å². The van der Waals surface area contributed by atoms with Crippen LogP contribution < -0.4 is 9.64 Å². The molecule has 2 aromatic rings. The van der Waals surface area contributed by atoms with Crippen LogP contribution in [0.3, 0.4) is 0 Å². The quantitative estimate of drug-likeness (QED) is 0.717. The number of carbonyl (C=O) groups is 1. The first-order valence-electron chi connectivity index (χ1n) is 10.8. The number of aromatic carboxylic acids is 1. The van der Waals surface area contributed by atoms with Crippen molar-refractivity contribution in [1.29, 1.82) is 0 Å². The second-order valence-corrected chi connectivity index (χ2v) is 8.34. The first-order chi connectivity index (χ1) is 14.6. The third-order valence-corrected chi connectivity index (χ3v) is 5.89. The standard InChI is InChI=1S/C23H30N4O3/c1-17-3-8-22(25-24-17)27-10-2-9-26(11-12-27)13-14-30-20-6-7-21(23(28)29)19(16-20)15-18-4-5-18/h3,6-8,16,18H,2,4-5,9-15H2,1H3,(H,28,29). The number of benzene rings is 1. The molecule has 0 atom stereocenters. The summed E-state index contributed by atoms with van der Waals surface area (Å²) in [5, 5.41) is 17.9. The van der Waals surface area contributed by atoms with Gasteiger partial charge in [0.15, 0.2) is 5.82 Å². The molecule has 0 bridgehead atoms. The third kappa shape index (κ3) is 5.48. The van der Waals surface area contributed by atoms with E-state index in [2.05, 4.69) is 20.0 Å². The van der Waals surface area contributed by atoms with Gasteiger partial charge in [-0.05, 0) is 74.4 Å². The third-order valence-electron chi connectivity index (χ3n) is 5.89. The van der Waals surface area contributed by atoms with Gasteiger partial charge in [-0.2, -0.15) is 5.10 Å². The van der Waals surface area contributed by atoms with Crippen molar-refractivity contribution in [2.45, 2.75) is 32.6 Å². The Hall–Kier alpha value is -2.67. The number of hydrogen-bond donors (Lipinski definition) is 1. The number of ether oxygens (including phenoxy) is 1. The molecule has 1 saturated heterocycles. The Morgan fingerprint density at radius 1 is 1.13 bits per heavy atom. The van der Waals surface area contributed by atoms with E-state index in [1.165, 1.54) is 12.8 Å². The van der Waals surface area contributed by atoms with E-state index in [0.717, 1.165) is 68.4 Å². The Morgan fingerprint density at radius 2 is 2.00 bits per heavy atom. The maximum Gasteiger partial charge on any atom is 0.335 e. The van der Waals surface area contributed by atoms with Crippen LogP contribution >= 0.6 is 0 Å². The predicted molar refractivity (Wildman–Crippen MR) is 115 cm³/mol. The van der Waals surface area contributed by atoms with Crippen molar-refractivity contribution in [3.63, 3.8) is 0 Å². The van der Waals surface area contributed by atoms with Crippen LogP contribution in [0.2, 0.25) is 0 Å². The second-order valence-electron chi connectivity index (χ2n) is 8.34. The summed E-state index contributed by atoms with van der Waals surface area (Å²) in [5.74, 6) is 1.49. The van der Waals surface area contributed by atoms with Crippen LogP contribution in [0.25, 0.3) is 0 Å². The van der Waals surface area contributed by atoms with E-state index >= 15 is 0 Å². The minimum absolute atomic E-state index is 0.404. The van der Waals surface area contributed by atoms with Gasteiger partial charge in [0.25, 0.3) is 0 Å². The molecule has 160 valence electrons. The summed E-state index contributed by atoms with van der Waals surface area (Å²) < 4.78 is 5.98. The SMILES string of the molecule is Cc1ccc(N2CCCN(CCOc3ccc(C(=O)O)c(CC4CC4)c3)CC2)nn1. The van der Waals surface area contributed by atoms with Gasteiger partial charge in [-0.15, -0.1) is 5.10 Å². The van der Waals surface area contributed by atoms with Crippen molar-refractivity contribution in [2.75, 3.05) is 44.2 Å². The zero-order valence-corrected chi connectivity index (χ0v) is 17.6. The number of aromatic nitrogens is 2. The molecule has 7 nitrogen and oxygen atoms in total. The van der Waals surface area contributed by atoms with Crippen LogP contribution in [0.5, 0.6) is 5.75 Å². The number of aryl methyl sites for hydroxylation is 1.